The Kier molecular flexibility index (Phi) is 5.92. The molecule has 2 rings (SSSR count). The summed E-state index contributed by atoms with van der Waals surface area (Å²) in [5.74, 6) is 2.38. The van der Waals surface area contributed by atoms with E-state index in [9.17, 15) is 4.79 Å². The highest BCUT2D eigenvalue weighted by Gasteiger charge is 2.08. The van der Waals surface area contributed by atoms with Crippen LogP contribution in [0.2, 0.25) is 0 Å². The van der Waals surface area contributed by atoms with Gasteiger partial charge in [-0.1, -0.05) is 13.8 Å². The van der Waals surface area contributed by atoms with Gasteiger partial charge in [-0.05, 0) is 17.4 Å². The minimum atomic E-state index is -0.191. The largest absolute Gasteiger partial charge is 0.497 e. The van der Waals surface area contributed by atoms with Gasteiger partial charge in [-0.2, -0.15) is 11.8 Å². The van der Waals surface area contributed by atoms with Crippen LogP contribution in [0.25, 0.3) is 0 Å². The van der Waals surface area contributed by atoms with E-state index < -0.39 is 0 Å². The number of anilines is 2. The van der Waals surface area contributed by atoms with Crippen LogP contribution in [0.3, 0.4) is 0 Å². The van der Waals surface area contributed by atoms with Gasteiger partial charge in [0, 0.05) is 17.9 Å². The number of nitrogens with one attached hydrogen (secondary N) is 2. The summed E-state index contributed by atoms with van der Waals surface area (Å²) < 4.78 is 10.5. The highest BCUT2D eigenvalue weighted by Crippen LogP contribution is 2.30. The summed E-state index contributed by atoms with van der Waals surface area (Å²) in [6, 6.07) is 6.89. The summed E-state index contributed by atoms with van der Waals surface area (Å²) in [4.78, 5) is 19.0. The fourth-order valence-electron chi connectivity index (χ4n) is 1.93. The van der Waals surface area contributed by atoms with Crippen molar-refractivity contribution in [1.29, 1.82) is 0 Å². The molecular formula is C16H21N3O3S. The fraction of sp³-hybridized carbons (Fsp3) is 0.375. The lowest BCUT2D eigenvalue weighted by Gasteiger charge is -2.12. The average Bonchev–Trinajstić information content (AvgIpc) is 2.52. The Labute approximate surface area is 139 Å². The number of aromatic nitrogens is 2. The first-order valence-electron chi connectivity index (χ1n) is 7.22. The van der Waals surface area contributed by atoms with Gasteiger partial charge in [-0.15, -0.1) is 0 Å². The molecule has 0 spiro atoms. The zero-order chi connectivity index (χ0) is 16.8. The molecule has 0 radical (unpaired) electrons. The predicted molar refractivity (Wildman–Crippen MR) is 94.1 cm³/mol. The van der Waals surface area contributed by atoms with Gasteiger partial charge < -0.3 is 14.8 Å². The second kappa shape index (κ2) is 7.92. The fourth-order valence-corrected chi connectivity index (χ4v) is 2.58. The van der Waals surface area contributed by atoms with Crippen molar-refractivity contribution in [3.63, 3.8) is 0 Å². The molecule has 7 heteroatoms. The SMILES string of the molecule is COc1ccc(OC)c(Nc2nc(CSC(C)C)cc(=O)[nH]2)c1. The number of thioether (sulfide) groups is 1. The molecule has 23 heavy (non-hydrogen) atoms. The molecule has 6 nitrogen and oxygen atoms in total. The van der Waals surface area contributed by atoms with Gasteiger partial charge >= 0.3 is 0 Å². The van der Waals surface area contributed by atoms with Crippen LogP contribution in [0.15, 0.2) is 29.1 Å². The van der Waals surface area contributed by atoms with E-state index in [-0.39, 0.29) is 5.56 Å². The van der Waals surface area contributed by atoms with Crippen LogP contribution in [-0.2, 0) is 5.75 Å². The molecule has 2 aromatic rings. The van der Waals surface area contributed by atoms with Gasteiger partial charge in [-0.3, -0.25) is 9.78 Å². The van der Waals surface area contributed by atoms with Crippen molar-refractivity contribution in [2.24, 2.45) is 0 Å². The van der Waals surface area contributed by atoms with E-state index in [1.54, 1.807) is 44.2 Å². The lowest BCUT2D eigenvalue weighted by molar-refractivity contribution is 0.405. The van der Waals surface area contributed by atoms with Gasteiger partial charge in [0.1, 0.15) is 11.5 Å². The van der Waals surface area contributed by atoms with Crippen LogP contribution in [-0.4, -0.2) is 29.4 Å². The number of benzene rings is 1. The van der Waals surface area contributed by atoms with Crippen molar-refractivity contribution < 1.29 is 9.47 Å². The minimum Gasteiger partial charge on any atom is -0.497 e. The third-order valence-electron chi connectivity index (χ3n) is 3.02. The van der Waals surface area contributed by atoms with Crippen molar-refractivity contribution in [2.75, 3.05) is 19.5 Å². The Morgan fingerprint density at radius 1 is 1.26 bits per heavy atom. The van der Waals surface area contributed by atoms with Gasteiger partial charge in [0.15, 0.2) is 0 Å². The van der Waals surface area contributed by atoms with Crippen molar-refractivity contribution in [2.45, 2.75) is 24.9 Å². The molecule has 1 aromatic heterocycles. The summed E-state index contributed by atoms with van der Waals surface area (Å²) in [6.07, 6.45) is 0. The molecule has 0 aliphatic carbocycles. The molecule has 0 amide bonds. The lowest BCUT2D eigenvalue weighted by Crippen LogP contribution is -2.12. The van der Waals surface area contributed by atoms with Crippen LogP contribution in [0, 0.1) is 0 Å². The summed E-state index contributed by atoms with van der Waals surface area (Å²) in [5, 5.41) is 3.56. The van der Waals surface area contributed by atoms with Crippen molar-refractivity contribution in [1.82, 2.24) is 9.97 Å². The Morgan fingerprint density at radius 2 is 2.04 bits per heavy atom. The van der Waals surface area contributed by atoms with E-state index in [4.69, 9.17) is 9.47 Å². The summed E-state index contributed by atoms with van der Waals surface area (Å²) in [5.41, 5.74) is 1.21. The van der Waals surface area contributed by atoms with Crippen molar-refractivity contribution >= 4 is 23.4 Å². The number of hydrogen-bond donors (Lipinski definition) is 2. The van der Waals surface area contributed by atoms with Gasteiger partial charge in [0.2, 0.25) is 5.95 Å². The molecule has 2 N–H and O–H groups in total. The summed E-state index contributed by atoms with van der Waals surface area (Å²) in [7, 11) is 3.17. The standard InChI is InChI=1S/C16H21N3O3S/c1-10(2)23-9-11-7-15(20)19-16(17-11)18-13-8-12(21-3)5-6-14(13)22-4/h5-8,10H,9H2,1-4H3,(H2,17,18,19,20). The first-order valence-corrected chi connectivity index (χ1v) is 8.27. The monoisotopic (exact) mass is 335 g/mol. The van der Waals surface area contributed by atoms with E-state index in [2.05, 4.69) is 29.1 Å². The molecule has 0 unspecified atom stereocenters. The van der Waals surface area contributed by atoms with Gasteiger partial charge in [-0.25, -0.2) is 4.98 Å². The molecule has 0 saturated carbocycles. The number of rotatable bonds is 7. The minimum absolute atomic E-state index is 0.191. The first-order chi connectivity index (χ1) is 11.0. The van der Waals surface area contributed by atoms with Crippen LogP contribution < -0.4 is 20.3 Å². The average molecular weight is 335 g/mol. The second-order valence-corrected chi connectivity index (χ2v) is 6.70. The zero-order valence-electron chi connectivity index (χ0n) is 13.7. The van der Waals surface area contributed by atoms with E-state index in [1.807, 2.05) is 0 Å². The topological polar surface area (TPSA) is 76.2 Å². The predicted octanol–water partition coefficient (Wildman–Crippen LogP) is 3.17. The Hall–Kier alpha value is -2.15. The third-order valence-corrected chi connectivity index (χ3v) is 4.15. The Balaban J connectivity index is 2.27. The van der Waals surface area contributed by atoms with E-state index in [0.29, 0.717) is 34.1 Å². The number of nitrogens with zero attached hydrogens (tertiary/aromatic N) is 1. The summed E-state index contributed by atoms with van der Waals surface area (Å²) in [6.45, 7) is 4.22. The quantitative estimate of drug-likeness (QED) is 0.809. The number of methoxy groups -OCH3 is 2. The number of ether oxygens (including phenoxy) is 2. The van der Waals surface area contributed by atoms with E-state index in [0.717, 1.165) is 5.69 Å². The number of aromatic amines is 1. The molecule has 124 valence electrons. The van der Waals surface area contributed by atoms with E-state index >= 15 is 0 Å². The number of H-pyrrole nitrogens is 1. The van der Waals surface area contributed by atoms with Gasteiger partial charge in [0.25, 0.3) is 5.56 Å². The third kappa shape index (κ3) is 4.92. The molecule has 0 aliphatic heterocycles. The maximum absolute atomic E-state index is 11.8. The zero-order valence-corrected chi connectivity index (χ0v) is 14.5. The molecule has 0 aliphatic rings. The van der Waals surface area contributed by atoms with Gasteiger partial charge in [0.05, 0.1) is 25.6 Å². The first kappa shape index (κ1) is 17.2. The van der Waals surface area contributed by atoms with Crippen molar-refractivity contribution in [3.05, 3.63) is 40.3 Å². The van der Waals surface area contributed by atoms with E-state index in [1.165, 1.54) is 6.07 Å². The molecule has 0 atom stereocenters. The molecule has 0 bridgehead atoms. The number of hydrogen-bond acceptors (Lipinski definition) is 6. The van der Waals surface area contributed by atoms with Crippen LogP contribution in [0.4, 0.5) is 11.6 Å². The highest BCUT2D eigenvalue weighted by atomic mass is 32.2. The van der Waals surface area contributed by atoms with Crippen molar-refractivity contribution in [3.8, 4) is 11.5 Å². The van der Waals surface area contributed by atoms with Crippen LogP contribution in [0.1, 0.15) is 19.5 Å². The molecule has 0 fully saturated rings. The Morgan fingerprint density at radius 3 is 2.70 bits per heavy atom. The lowest BCUT2D eigenvalue weighted by atomic mass is 10.2. The molecule has 1 aromatic carbocycles. The maximum atomic E-state index is 11.8. The Bertz CT molecular complexity index is 716. The van der Waals surface area contributed by atoms with Crippen LogP contribution >= 0.6 is 11.8 Å². The summed E-state index contributed by atoms with van der Waals surface area (Å²) >= 11 is 1.73. The molecular weight excluding hydrogens is 314 g/mol. The highest BCUT2D eigenvalue weighted by molar-refractivity contribution is 7.99. The smallest absolute Gasteiger partial charge is 0.252 e. The maximum Gasteiger partial charge on any atom is 0.252 e. The molecule has 1 heterocycles. The molecule has 0 saturated heterocycles. The normalized spacial score (nSPS) is 10.7. The second-order valence-electron chi connectivity index (χ2n) is 5.14. The van der Waals surface area contributed by atoms with Crippen LogP contribution in [0.5, 0.6) is 11.5 Å².